The molecule has 29 heavy (non-hydrogen) atoms. The summed E-state index contributed by atoms with van der Waals surface area (Å²) in [5.74, 6) is -0.444. The number of thiophene rings is 1. The Morgan fingerprint density at radius 2 is 1.86 bits per heavy atom. The van der Waals surface area contributed by atoms with E-state index in [1.54, 1.807) is 28.3 Å². The summed E-state index contributed by atoms with van der Waals surface area (Å²) >= 11 is 1.55. The van der Waals surface area contributed by atoms with Crippen LogP contribution >= 0.6 is 11.3 Å². The van der Waals surface area contributed by atoms with Crippen molar-refractivity contribution in [1.82, 2.24) is 15.1 Å². The van der Waals surface area contributed by atoms with E-state index in [9.17, 15) is 9.18 Å². The lowest BCUT2D eigenvalue weighted by Crippen LogP contribution is -2.25. The van der Waals surface area contributed by atoms with Gasteiger partial charge in [-0.15, -0.1) is 11.3 Å². The molecule has 0 aliphatic carbocycles. The Morgan fingerprint density at radius 1 is 1.03 bits per heavy atom. The van der Waals surface area contributed by atoms with Crippen molar-refractivity contribution in [3.63, 3.8) is 0 Å². The van der Waals surface area contributed by atoms with E-state index in [0.717, 1.165) is 16.0 Å². The van der Waals surface area contributed by atoms with Crippen LogP contribution in [-0.4, -0.2) is 22.2 Å². The van der Waals surface area contributed by atoms with E-state index < -0.39 is 0 Å². The van der Waals surface area contributed by atoms with Crippen molar-refractivity contribution >= 4 is 17.2 Å². The summed E-state index contributed by atoms with van der Waals surface area (Å²) in [4.78, 5) is 13.8. The predicted octanol–water partition coefficient (Wildman–Crippen LogP) is 4.77. The Labute approximate surface area is 172 Å². The highest BCUT2D eigenvalue weighted by Crippen LogP contribution is 2.27. The zero-order chi connectivity index (χ0) is 20.1. The van der Waals surface area contributed by atoms with Crippen LogP contribution in [0.25, 0.3) is 10.6 Å². The number of rotatable bonds is 7. The van der Waals surface area contributed by atoms with E-state index in [1.165, 1.54) is 12.1 Å². The molecule has 0 unspecified atom stereocenters. The number of carbonyl (C=O) groups excluding carboxylic acids is 1. The molecule has 4 rings (SSSR count). The summed E-state index contributed by atoms with van der Waals surface area (Å²) in [6.45, 7) is 1.02. The maximum atomic E-state index is 13.3. The Hall–Kier alpha value is -3.25. The highest BCUT2D eigenvalue weighted by Gasteiger charge is 2.18. The molecule has 0 aliphatic rings. The molecule has 0 saturated carbocycles. The second-order valence-corrected chi connectivity index (χ2v) is 7.64. The average molecular weight is 405 g/mol. The Balaban J connectivity index is 1.50. The fourth-order valence-corrected chi connectivity index (χ4v) is 3.87. The number of nitrogens with zero attached hydrogens (tertiary/aromatic N) is 2. The molecule has 0 atom stereocenters. The third kappa shape index (κ3) is 4.78. The summed E-state index contributed by atoms with van der Waals surface area (Å²) in [6, 6.07) is 20.3. The van der Waals surface area contributed by atoms with Crippen LogP contribution in [0.2, 0.25) is 0 Å². The zero-order valence-electron chi connectivity index (χ0n) is 15.7. The maximum absolute atomic E-state index is 13.3. The second kappa shape index (κ2) is 8.84. The monoisotopic (exact) mass is 405 g/mol. The normalized spacial score (nSPS) is 10.8. The lowest BCUT2D eigenvalue weighted by Gasteiger charge is -2.05. The molecule has 0 fully saturated rings. The molecule has 6 heteroatoms. The Bertz CT molecular complexity index is 1090. The summed E-state index contributed by atoms with van der Waals surface area (Å²) in [7, 11) is 0. The van der Waals surface area contributed by atoms with Gasteiger partial charge in [0.2, 0.25) is 0 Å². The van der Waals surface area contributed by atoms with Gasteiger partial charge in [-0.2, -0.15) is 5.10 Å². The Kier molecular flexibility index (Phi) is 5.81. The van der Waals surface area contributed by atoms with Gasteiger partial charge in [-0.3, -0.25) is 9.48 Å². The molecule has 146 valence electrons. The maximum Gasteiger partial charge on any atom is 0.255 e. The quantitative estimate of drug-likeness (QED) is 0.481. The minimum absolute atomic E-state index is 0.177. The number of aromatic nitrogens is 2. The molecule has 0 bridgehead atoms. The summed E-state index contributed by atoms with van der Waals surface area (Å²) in [5.41, 5.74) is 3.19. The van der Waals surface area contributed by atoms with Gasteiger partial charge in [0.1, 0.15) is 11.5 Å². The van der Waals surface area contributed by atoms with Crippen molar-refractivity contribution in [2.24, 2.45) is 0 Å². The summed E-state index contributed by atoms with van der Waals surface area (Å²) in [5, 5.41) is 9.57. The van der Waals surface area contributed by atoms with Crippen molar-refractivity contribution in [3.8, 4) is 10.6 Å². The van der Waals surface area contributed by atoms with Crippen LogP contribution in [0.1, 0.15) is 21.5 Å². The Morgan fingerprint density at radius 3 is 2.62 bits per heavy atom. The van der Waals surface area contributed by atoms with Crippen molar-refractivity contribution < 1.29 is 9.18 Å². The molecular formula is C23H20FN3OS. The minimum Gasteiger partial charge on any atom is -0.352 e. The van der Waals surface area contributed by atoms with Gasteiger partial charge in [0.05, 0.1) is 17.0 Å². The average Bonchev–Trinajstić information content (AvgIpc) is 3.38. The van der Waals surface area contributed by atoms with Crippen LogP contribution in [0.15, 0.2) is 78.3 Å². The molecule has 0 spiro atoms. The van der Waals surface area contributed by atoms with Crippen molar-refractivity contribution in [2.75, 3.05) is 6.54 Å². The van der Waals surface area contributed by atoms with Gasteiger partial charge in [-0.25, -0.2) is 4.39 Å². The largest absolute Gasteiger partial charge is 0.352 e. The van der Waals surface area contributed by atoms with Crippen molar-refractivity contribution in [1.29, 1.82) is 0 Å². The fraction of sp³-hybridized carbons (Fsp3) is 0.130. The van der Waals surface area contributed by atoms with E-state index in [1.807, 2.05) is 53.9 Å². The number of amides is 1. The van der Waals surface area contributed by atoms with Crippen LogP contribution in [0, 0.1) is 5.82 Å². The number of nitrogens with one attached hydrogen (secondary N) is 1. The van der Waals surface area contributed by atoms with E-state index in [0.29, 0.717) is 30.8 Å². The van der Waals surface area contributed by atoms with Crippen LogP contribution in [0.3, 0.4) is 0 Å². The third-order valence-corrected chi connectivity index (χ3v) is 5.41. The molecular weight excluding hydrogens is 385 g/mol. The van der Waals surface area contributed by atoms with Gasteiger partial charge in [0.15, 0.2) is 0 Å². The minimum atomic E-state index is -0.268. The number of benzene rings is 2. The molecule has 1 N–H and O–H groups in total. The number of halogens is 1. The molecule has 0 aliphatic heterocycles. The van der Waals surface area contributed by atoms with Gasteiger partial charge in [0.25, 0.3) is 5.91 Å². The van der Waals surface area contributed by atoms with Crippen molar-refractivity contribution in [2.45, 2.75) is 13.0 Å². The van der Waals surface area contributed by atoms with E-state index >= 15 is 0 Å². The number of carbonyl (C=O) groups is 1. The first-order valence-corrected chi connectivity index (χ1v) is 10.2. The third-order valence-electron chi connectivity index (χ3n) is 4.54. The number of hydrogen-bond acceptors (Lipinski definition) is 3. The second-order valence-electron chi connectivity index (χ2n) is 6.69. The summed E-state index contributed by atoms with van der Waals surface area (Å²) in [6.07, 6.45) is 2.36. The highest BCUT2D eigenvalue weighted by atomic mass is 32.1. The van der Waals surface area contributed by atoms with E-state index in [-0.39, 0.29) is 11.7 Å². The SMILES string of the molecule is O=C(NCCc1cccc(F)c1)c1cn(Cc2ccccc2)nc1-c1cccs1. The van der Waals surface area contributed by atoms with E-state index in [4.69, 9.17) is 0 Å². The van der Waals surface area contributed by atoms with E-state index in [2.05, 4.69) is 10.4 Å². The van der Waals surface area contributed by atoms with Crippen LogP contribution in [-0.2, 0) is 13.0 Å². The zero-order valence-corrected chi connectivity index (χ0v) is 16.5. The van der Waals surface area contributed by atoms with Gasteiger partial charge in [-0.05, 0) is 41.1 Å². The van der Waals surface area contributed by atoms with Crippen LogP contribution in [0.5, 0.6) is 0 Å². The van der Waals surface area contributed by atoms with Gasteiger partial charge >= 0.3 is 0 Å². The first kappa shape index (κ1) is 19.1. The first-order valence-electron chi connectivity index (χ1n) is 9.37. The number of hydrogen-bond donors (Lipinski definition) is 1. The fourth-order valence-electron chi connectivity index (χ4n) is 3.14. The predicted molar refractivity (Wildman–Crippen MR) is 114 cm³/mol. The highest BCUT2D eigenvalue weighted by molar-refractivity contribution is 7.13. The summed E-state index contributed by atoms with van der Waals surface area (Å²) < 4.78 is 15.1. The van der Waals surface area contributed by atoms with Crippen LogP contribution < -0.4 is 5.32 Å². The topological polar surface area (TPSA) is 46.9 Å². The standard InChI is InChI=1S/C23H20FN3OS/c24-19-9-4-8-17(14-19)11-12-25-23(28)20-16-27(15-18-6-2-1-3-7-18)26-22(20)21-10-5-13-29-21/h1-10,13-14,16H,11-12,15H2,(H,25,28). The van der Waals surface area contributed by atoms with Crippen molar-refractivity contribution in [3.05, 3.63) is 101 Å². The molecule has 2 heterocycles. The molecule has 4 aromatic rings. The molecule has 0 saturated heterocycles. The lowest BCUT2D eigenvalue weighted by molar-refractivity contribution is 0.0954. The molecule has 1 amide bonds. The van der Waals surface area contributed by atoms with Crippen LogP contribution in [0.4, 0.5) is 4.39 Å². The molecule has 0 radical (unpaired) electrons. The first-order chi connectivity index (χ1) is 14.2. The lowest BCUT2D eigenvalue weighted by atomic mass is 10.1. The van der Waals surface area contributed by atoms with Gasteiger partial charge < -0.3 is 5.32 Å². The van der Waals surface area contributed by atoms with Gasteiger partial charge in [0, 0.05) is 12.7 Å². The van der Waals surface area contributed by atoms with Gasteiger partial charge in [-0.1, -0.05) is 48.5 Å². The molecule has 4 nitrogen and oxygen atoms in total. The smallest absolute Gasteiger partial charge is 0.255 e. The molecule has 2 aromatic heterocycles. The molecule has 2 aromatic carbocycles.